The minimum absolute atomic E-state index is 0.154. The van der Waals surface area contributed by atoms with Gasteiger partial charge in [0.25, 0.3) is 5.91 Å². The van der Waals surface area contributed by atoms with Gasteiger partial charge in [0.05, 0.1) is 0 Å². The van der Waals surface area contributed by atoms with Gasteiger partial charge in [-0.25, -0.2) is 0 Å². The van der Waals surface area contributed by atoms with Gasteiger partial charge in [0, 0.05) is 24.7 Å². The van der Waals surface area contributed by atoms with E-state index in [1.54, 1.807) is 0 Å². The van der Waals surface area contributed by atoms with Crippen LogP contribution >= 0.6 is 0 Å². The quantitative estimate of drug-likeness (QED) is 0.890. The summed E-state index contributed by atoms with van der Waals surface area (Å²) in [6, 6.07) is 8.06. The second kappa shape index (κ2) is 5.53. The van der Waals surface area contributed by atoms with Gasteiger partial charge in [0.15, 0.2) is 0 Å². The van der Waals surface area contributed by atoms with E-state index in [1.807, 2.05) is 29.2 Å². The molecule has 2 N–H and O–H groups in total. The van der Waals surface area contributed by atoms with E-state index < -0.39 is 0 Å². The zero-order chi connectivity index (χ0) is 13.1. The van der Waals surface area contributed by atoms with Gasteiger partial charge in [-0.05, 0) is 36.5 Å². The molecule has 3 heteroatoms. The Morgan fingerprint density at radius 2 is 2.28 bits per heavy atom. The van der Waals surface area contributed by atoms with Crippen LogP contribution in [0.5, 0.6) is 0 Å². The van der Waals surface area contributed by atoms with Crippen molar-refractivity contribution in [2.75, 3.05) is 6.54 Å². The van der Waals surface area contributed by atoms with Gasteiger partial charge < -0.3 is 10.6 Å². The number of carbonyl (C=O) groups is 1. The number of rotatable bonds is 3. The monoisotopic (exact) mass is 246 g/mol. The fourth-order valence-corrected chi connectivity index (χ4v) is 2.73. The molecule has 1 saturated heterocycles. The molecule has 0 aromatic heterocycles. The van der Waals surface area contributed by atoms with E-state index in [9.17, 15) is 4.79 Å². The normalized spacial score (nSPS) is 19.6. The van der Waals surface area contributed by atoms with E-state index in [2.05, 4.69) is 13.8 Å². The predicted octanol–water partition coefficient (Wildman–Crippen LogP) is 2.41. The van der Waals surface area contributed by atoms with Crippen LogP contribution in [0.25, 0.3) is 0 Å². The zero-order valence-electron chi connectivity index (χ0n) is 11.2. The summed E-state index contributed by atoms with van der Waals surface area (Å²) in [5.41, 5.74) is 7.41. The smallest absolute Gasteiger partial charge is 0.254 e. The summed E-state index contributed by atoms with van der Waals surface area (Å²) in [6.45, 7) is 5.74. The Hall–Kier alpha value is -1.35. The Bertz CT molecular complexity index is 428. The first-order valence-electron chi connectivity index (χ1n) is 6.73. The lowest BCUT2D eigenvalue weighted by molar-refractivity contribution is 0.0701. The highest BCUT2D eigenvalue weighted by atomic mass is 16.2. The first kappa shape index (κ1) is 13.1. The molecule has 98 valence electrons. The number of benzene rings is 1. The van der Waals surface area contributed by atoms with E-state index in [1.165, 1.54) is 0 Å². The van der Waals surface area contributed by atoms with Crippen molar-refractivity contribution in [2.45, 2.75) is 39.3 Å². The Kier molecular flexibility index (Phi) is 4.02. The van der Waals surface area contributed by atoms with Crippen LogP contribution in [0, 0.1) is 5.92 Å². The standard InChI is InChI=1S/C15H22N2O/c1-11(2)14-7-4-8-17(14)15(18)13-6-3-5-12(9-13)10-16/h3,5-6,9,11,14H,4,7-8,10,16H2,1-2H3. The first-order chi connectivity index (χ1) is 8.63. The third kappa shape index (κ3) is 2.56. The molecule has 1 atom stereocenters. The molecular weight excluding hydrogens is 224 g/mol. The summed E-state index contributed by atoms with van der Waals surface area (Å²) in [4.78, 5) is 14.5. The van der Waals surface area contributed by atoms with Crippen molar-refractivity contribution in [2.24, 2.45) is 11.7 Å². The SMILES string of the molecule is CC(C)C1CCCN1C(=O)c1cccc(CN)c1. The molecule has 0 aliphatic carbocycles. The lowest BCUT2D eigenvalue weighted by atomic mass is 10.0. The number of carbonyl (C=O) groups excluding carboxylic acids is 1. The Morgan fingerprint density at radius 3 is 2.94 bits per heavy atom. The molecular formula is C15H22N2O. The summed E-state index contributed by atoms with van der Waals surface area (Å²) in [5, 5.41) is 0. The molecule has 1 unspecified atom stereocenters. The van der Waals surface area contributed by atoms with Crippen LogP contribution in [0.1, 0.15) is 42.6 Å². The highest BCUT2D eigenvalue weighted by Crippen LogP contribution is 2.25. The van der Waals surface area contributed by atoms with Crippen molar-refractivity contribution < 1.29 is 4.79 Å². The van der Waals surface area contributed by atoms with Crippen molar-refractivity contribution in [1.29, 1.82) is 0 Å². The van der Waals surface area contributed by atoms with Gasteiger partial charge in [0.1, 0.15) is 0 Å². The highest BCUT2D eigenvalue weighted by Gasteiger charge is 2.31. The molecule has 1 aromatic rings. The lowest BCUT2D eigenvalue weighted by Crippen LogP contribution is -2.38. The largest absolute Gasteiger partial charge is 0.335 e. The number of amides is 1. The summed E-state index contributed by atoms with van der Waals surface area (Å²) < 4.78 is 0. The second-order valence-electron chi connectivity index (χ2n) is 5.36. The maximum absolute atomic E-state index is 12.5. The predicted molar refractivity (Wildman–Crippen MR) is 73.2 cm³/mol. The van der Waals surface area contributed by atoms with E-state index in [0.29, 0.717) is 18.5 Å². The van der Waals surface area contributed by atoms with E-state index >= 15 is 0 Å². The summed E-state index contributed by atoms with van der Waals surface area (Å²) in [6.07, 6.45) is 2.24. The molecule has 1 aromatic carbocycles. The molecule has 0 bridgehead atoms. The van der Waals surface area contributed by atoms with Gasteiger partial charge in [-0.15, -0.1) is 0 Å². The number of hydrogen-bond donors (Lipinski definition) is 1. The third-order valence-corrected chi connectivity index (χ3v) is 3.74. The summed E-state index contributed by atoms with van der Waals surface area (Å²) in [5.74, 6) is 0.677. The van der Waals surface area contributed by atoms with E-state index in [-0.39, 0.29) is 5.91 Å². The van der Waals surface area contributed by atoms with E-state index in [0.717, 1.165) is 30.5 Å². The van der Waals surface area contributed by atoms with Crippen molar-refractivity contribution in [1.82, 2.24) is 4.90 Å². The maximum atomic E-state index is 12.5. The van der Waals surface area contributed by atoms with Crippen molar-refractivity contribution in [3.8, 4) is 0 Å². The second-order valence-corrected chi connectivity index (χ2v) is 5.36. The van der Waals surface area contributed by atoms with Crippen LogP contribution < -0.4 is 5.73 Å². The molecule has 1 aliphatic rings. The molecule has 18 heavy (non-hydrogen) atoms. The fourth-order valence-electron chi connectivity index (χ4n) is 2.73. The molecule has 2 rings (SSSR count). The zero-order valence-corrected chi connectivity index (χ0v) is 11.2. The molecule has 0 radical (unpaired) electrons. The Labute approximate surface area is 109 Å². The number of nitrogens with two attached hydrogens (primary N) is 1. The van der Waals surface area contributed by atoms with Gasteiger partial charge in [0.2, 0.25) is 0 Å². The Balaban J connectivity index is 2.19. The minimum Gasteiger partial charge on any atom is -0.335 e. The van der Waals surface area contributed by atoms with Crippen LogP contribution in [0.2, 0.25) is 0 Å². The molecule has 1 aliphatic heterocycles. The molecule has 1 fully saturated rings. The number of nitrogens with zero attached hydrogens (tertiary/aromatic N) is 1. The van der Waals surface area contributed by atoms with Crippen molar-refractivity contribution in [3.05, 3.63) is 35.4 Å². The fraction of sp³-hybridized carbons (Fsp3) is 0.533. The van der Waals surface area contributed by atoms with Crippen molar-refractivity contribution in [3.63, 3.8) is 0 Å². The average molecular weight is 246 g/mol. The van der Waals surface area contributed by atoms with Crippen LogP contribution in [0.4, 0.5) is 0 Å². The first-order valence-corrected chi connectivity index (χ1v) is 6.73. The topological polar surface area (TPSA) is 46.3 Å². The maximum Gasteiger partial charge on any atom is 0.254 e. The average Bonchev–Trinajstić information content (AvgIpc) is 2.87. The van der Waals surface area contributed by atoms with Crippen LogP contribution in [0.3, 0.4) is 0 Å². The third-order valence-electron chi connectivity index (χ3n) is 3.74. The van der Waals surface area contributed by atoms with E-state index in [4.69, 9.17) is 5.73 Å². The van der Waals surface area contributed by atoms with Crippen LogP contribution in [0.15, 0.2) is 24.3 Å². The van der Waals surface area contributed by atoms with Crippen LogP contribution in [-0.2, 0) is 6.54 Å². The molecule has 0 saturated carbocycles. The van der Waals surface area contributed by atoms with Gasteiger partial charge >= 0.3 is 0 Å². The van der Waals surface area contributed by atoms with Gasteiger partial charge in [-0.3, -0.25) is 4.79 Å². The molecule has 3 nitrogen and oxygen atoms in total. The molecule has 1 heterocycles. The summed E-state index contributed by atoms with van der Waals surface area (Å²) in [7, 11) is 0. The van der Waals surface area contributed by atoms with Gasteiger partial charge in [-0.1, -0.05) is 26.0 Å². The van der Waals surface area contributed by atoms with Gasteiger partial charge in [-0.2, -0.15) is 0 Å². The minimum atomic E-state index is 0.154. The van der Waals surface area contributed by atoms with Crippen molar-refractivity contribution >= 4 is 5.91 Å². The molecule has 1 amide bonds. The lowest BCUT2D eigenvalue weighted by Gasteiger charge is -2.27. The summed E-state index contributed by atoms with van der Waals surface area (Å²) >= 11 is 0. The molecule has 0 spiro atoms. The van der Waals surface area contributed by atoms with Crippen LogP contribution in [-0.4, -0.2) is 23.4 Å². The number of likely N-dealkylation sites (tertiary alicyclic amines) is 1. The number of hydrogen-bond acceptors (Lipinski definition) is 2. The Morgan fingerprint density at radius 1 is 1.50 bits per heavy atom. The highest BCUT2D eigenvalue weighted by molar-refractivity contribution is 5.94.